The minimum absolute atomic E-state index is 0.0587. The molecule has 5 aliphatic rings. The Labute approximate surface area is 637 Å². The van der Waals surface area contributed by atoms with Gasteiger partial charge in [-0.15, -0.1) is 0 Å². The molecule has 5 atom stereocenters. The molecule has 5 saturated heterocycles. The minimum atomic E-state index is -0.574. The van der Waals surface area contributed by atoms with Gasteiger partial charge in [-0.2, -0.15) is 46.2 Å². The van der Waals surface area contributed by atoms with Gasteiger partial charge in [0.25, 0.3) is 17.7 Å². The number of nitrogens with two attached hydrogens (primary N) is 1. The second-order valence-corrected chi connectivity index (χ2v) is 30.4. The van der Waals surface area contributed by atoms with E-state index in [2.05, 4.69) is 88.9 Å². The maximum Gasteiger partial charge on any atom is 0.411 e. The fraction of sp³-hybridized carbons (Fsp3) is 0.500. The van der Waals surface area contributed by atoms with Gasteiger partial charge in [-0.05, 0) is 184 Å². The zero-order chi connectivity index (χ0) is 79.0. The van der Waals surface area contributed by atoms with E-state index in [1.54, 1.807) is 106 Å². The topological polar surface area (TPSA) is 466 Å². The molecule has 36 nitrogen and oxygen atoms in total. The van der Waals surface area contributed by atoms with E-state index in [0.29, 0.717) is 96.4 Å². The van der Waals surface area contributed by atoms with E-state index in [4.69, 9.17) is 64.5 Å². The van der Waals surface area contributed by atoms with Crippen LogP contribution in [0.25, 0.3) is 46.1 Å². The summed E-state index contributed by atoms with van der Waals surface area (Å²) >= 11 is 3.39. The lowest BCUT2D eigenvalue weighted by Gasteiger charge is -2.27. The minimum Gasteiger partial charge on any atom is -0.444 e. The molecule has 574 valence electrons. The Balaban J connectivity index is 0.000000161. The van der Waals surface area contributed by atoms with Crippen molar-refractivity contribution in [3.63, 3.8) is 0 Å². The van der Waals surface area contributed by atoms with Crippen LogP contribution in [0.4, 0.5) is 19.2 Å². The monoisotopic (exact) mass is 1560 g/mol. The number of oxime groups is 1. The summed E-state index contributed by atoms with van der Waals surface area (Å²) in [6, 6.07) is 15.5. The second kappa shape index (κ2) is 35.5. The predicted molar refractivity (Wildman–Crippen MR) is 389 cm³/mol. The van der Waals surface area contributed by atoms with Crippen LogP contribution in [-0.4, -0.2) is 192 Å². The third kappa shape index (κ3) is 22.3. The van der Waals surface area contributed by atoms with Gasteiger partial charge in [0.05, 0.1) is 59.1 Å². The number of amidine groups is 1. The molecule has 8 aromatic heterocycles. The SMILES string of the molecule is CC(C)(C)OC(=O)N1CCC[C@H]1/C(N)=N/O.CC(C)(C)OC(=O)N1CCC[C@H]1C#N.CC(C)(C)OC(=O)N1CCC[C@H]1c1noc(-c2cc(-n3cc(C#N)cn3)ccn2)n1.CC(C)(C)OC(=O)N1CCC[C@H]1c1noc(-c2cc(Br)ccn2)n1.N#Cc1cnn(-c2ccnc(-c3nc([C@@H]4CCCN4C#N)no3)c2)c1. The van der Waals surface area contributed by atoms with Gasteiger partial charge in [0, 0.05) is 68.2 Å². The normalized spacial score (nSPS) is 18.4. The standard InChI is InChI=1S/C20H21N7O3.C16H19BrN4O3.C16H12N8O.C10H19N3O3.C10H16N2O2/c1-20(2,3)29-19(28)26-8-4-5-16(26)17-24-18(30-25-17)15-9-14(6-7-22-15)27-12-13(10-21)11-23-27;1-16(2,3)23-15(22)21-8-4-5-12(21)13-19-14(24-20-13)11-9-10(17)6-7-18-11;17-7-11-8-20-24(9-11)12-3-4-19-13(6-12)16-21-15(22-25-16)14-2-1-5-23(14)10-18;1-10(2,3)16-9(14)13-6-4-5-7(13)8(11)12-15;1-10(2,3)14-9(13)12-6-4-5-8(12)7-11/h6-7,9,11-12,16H,4-5,8H2,1-3H3;6-7,9,12H,4-5,8H2,1-3H3;3-4,6,8-9,14H,1-2,5H2;7,15H,4-6H2,1-3H3,(H2,11,12);8H,4-6H2,1-3H3/t16-;12-;14-;7-;8-/m00000/s1. The van der Waals surface area contributed by atoms with Crippen molar-refractivity contribution >= 4 is 46.1 Å². The third-order valence-corrected chi connectivity index (χ3v) is 17.0. The number of rotatable bonds is 9. The first-order chi connectivity index (χ1) is 51.7. The quantitative estimate of drug-likeness (QED) is 0.0338. The van der Waals surface area contributed by atoms with Crippen LogP contribution in [-0.2, 0) is 18.9 Å². The number of nitrogens with zero attached hydrogens (tertiary/aromatic N) is 23. The van der Waals surface area contributed by atoms with Gasteiger partial charge < -0.3 is 43.5 Å². The van der Waals surface area contributed by atoms with Crippen LogP contribution in [0.15, 0.2) is 103 Å². The van der Waals surface area contributed by atoms with Crippen LogP contribution < -0.4 is 5.73 Å². The van der Waals surface area contributed by atoms with Crippen molar-refractivity contribution in [1.29, 1.82) is 21.0 Å². The highest BCUT2D eigenvalue weighted by atomic mass is 79.9. The summed E-state index contributed by atoms with van der Waals surface area (Å²) in [4.78, 5) is 82.3. The lowest BCUT2D eigenvalue weighted by molar-refractivity contribution is 0.0206. The van der Waals surface area contributed by atoms with Crippen molar-refractivity contribution in [3.05, 3.63) is 113 Å². The molecule has 0 radical (unpaired) electrons. The lowest BCUT2D eigenvalue weighted by Crippen LogP contribution is -2.45. The molecule has 13 rings (SSSR count). The first-order valence-electron chi connectivity index (χ1n) is 35.2. The summed E-state index contributed by atoms with van der Waals surface area (Å²) in [5.41, 5.74) is 7.32. The molecule has 0 aliphatic carbocycles. The highest BCUT2D eigenvalue weighted by molar-refractivity contribution is 9.10. The van der Waals surface area contributed by atoms with Crippen molar-refractivity contribution in [2.45, 2.75) is 200 Å². The van der Waals surface area contributed by atoms with Crippen molar-refractivity contribution in [2.24, 2.45) is 10.9 Å². The average Bonchev–Trinajstić information content (AvgIpc) is 1.65. The Kier molecular flexibility index (Phi) is 26.4. The molecule has 5 fully saturated rings. The Morgan fingerprint density at radius 2 is 0.899 bits per heavy atom. The van der Waals surface area contributed by atoms with Gasteiger partial charge in [0.2, 0.25) is 0 Å². The molecule has 109 heavy (non-hydrogen) atoms. The van der Waals surface area contributed by atoms with Crippen LogP contribution in [0.5, 0.6) is 0 Å². The van der Waals surface area contributed by atoms with Gasteiger partial charge >= 0.3 is 24.4 Å². The zero-order valence-corrected chi connectivity index (χ0v) is 64.3. The van der Waals surface area contributed by atoms with Crippen LogP contribution in [0, 0.1) is 45.4 Å². The zero-order valence-electron chi connectivity index (χ0n) is 62.7. The van der Waals surface area contributed by atoms with E-state index >= 15 is 0 Å². The fourth-order valence-electron chi connectivity index (χ4n) is 11.8. The number of halogens is 1. The van der Waals surface area contributed by atoms with E-state index in [-0.39, 0.29) is 66.1 Å². The van der Waals surface area contributed by atoms with Crippen molar-refractivity contribution < 1.29 is 56.9 Å². The number of ether oxygens (including phenoxy) is 4. The predicted octanol–water partition coefficient (Wildman–Crippen LogP) is 12.1. The maximum atomic E-state index is 12.5. The van der Waals surface area contributed by atoms with Crippen molar-refractivity contribution in [3.8, 4) is 70.5 Å². The first-order valence-corrected chi connectivity index (χ1v) is 36.0. The number of likely N-dealkylation sites (tertiary alicyclic amines) is 5. The van der Waals surface area contributed by atoms with Crippen LogP contribution in [0.1, 0.15) is 194 Å². The molecule has 37 heteroatoms. The molecule has 4 amide bonds. The summed E-state index contributed by atoms with van der Waals surface area (Å²) in [5.74, 6) is 2.32. The molecule has 0 aromatic carbocycles. The molecule has 0 bridgehead atoms. The van der Waals surface area contributed by atoms with Crippen molar-refractivity contribution in [1.82, 2.24) is 89.4 Å². The summed E-state index contributed by atoms with van der Waals surface area (Å²) in [5, 5.41) is 67.8. The number of carbonyl (C=O) groups is 4. The first kappa shape index (κ1) is 81.0. The van der Waals surface area contributed by atoms with E-state index in [9.17, 15) is 19.2 Å². The van der Waals surface area contributed by atoms with Crippen molar-refractivity contribution in [2.75, 3.05) is 32.7 Å². The number of carbonyl (C=O) groups excluding carboxylic acids is 4. The van der Waals surface area contributed by atoms with Gasteiger partial charge in [-0.1, -0.05) is 36.6 Å². The fourth-order valence-corrected chi connectivity index (χ4v) is 12.1. The van der Waals surface area contributed by atoms with E-state index in [1.165, 1.54) is 22.2 Å². The molecule has 3 N–H and O–H groups in total. The van der Waals surface area contributed by atoms with Gasteiger partial charge in [-0.3, -0.25) is 39.5 Å². The van der Waals surface area contributed by atoms with E-state index < -0.39 is 28.5 Å². The Morgan fingerprint density at radius 1 is 0.523 bits per heavy atom. The van der Waals surface area contributed by atoms with Gasteiger partial charge in [-0.25, -0.2) is 28.5 Å². The number of amides is 4. The van der Waals surface area contributed by atoms with Crippen LogP contribution in [0.3, 0.4) is 0 Å². The number of aromatic nitrogens is 13. The summed E-state index contributed by atoms with van der Waals surface area (Å²) in [7, 11) is 0. The lowest BCUT2D eigenvalue weighted by atomic mass is 10.2. The average molecular weight is 1560 g/mol. The second-order valence-electron chi connectivity index (χ2n) is 29.5. The Hall–Kier alpha value is -12.1. The number of hydrogen-bond acceptors (Lipinski definition) is 29. The van der Waals surface area contributed by atoms with Crippen LogP contribution in [0.2, 0.25) is 0 Å². The largest absolute Gasteiger partial charge is 0.444 e. The molecule has 0 saturated carbocycles. The summed E-state index contributed by atoms with van der Waals surface area (Å²) in [6.45, 7) is 25.1. The Morgan fingerprint density at radius 3 is 1.31 bits per heavy atom. The highest BCUT2D eigenvalue weighted by Gasteiger charge is 2.40. The molecule has 8 aromatic rings. The number of hydrogen-bond donors (Lipinski definition) is 2. The van der Waals surface area contributed by atoms with Gasteiger partial charge in [0.15, 0.2) is 29.5 Å². The molecular weight excluding hydrogens is 1470 g/mol. The molecule has 13 heterocycles. The van der Waals surface area contributed by atoms with Crippen LogP contribution >= 0.6 is 15.9 Å². The smallest absolute Gasteiger partial charge is 0.411 e. The maximum absolute atomic E-state index is 12.5. The highest BCUT2D eigenvalue weighted by Crippen LogP contribution is 2.36. The Bertz CT molecular complexity index is 4670. The van der Waals surface area contributed by atoms with Gasteiger partial charge in [0.1, 0.15) is 63.7 Å². The summed E-state index contributed by atoms with van der Waals surface area (Å²) in [6.07, 6.45) is 19.9. The third-order valence-electron chi connectivity index (χ3n) is 16.5. The molecule has 0 spiro atoms. The van der Waals surface area contributed by atoms with E-state index in [1.807, 2.05) is 80.5 Å². The molecular formula is C72H87BrN24O12. The number of pyridine rings is 3. The number of nitriles is 4. The summed E-state index contributed by atoms with van der Waals surface area (Å²) < 4.78 is 41.5. The molecule has 5 aliphatic heterocycles. The van der Waals surface area contributed by atoms with E-state index in [0.717, 1.165) is 67.9 Å². The molecule has 0 unspecified atom stereocenters.